The van der Waals surface area contributed by atoms with Gasteiger partial charge in [-0.05, 0) is 133 Å². The summed E-state index contributed by atoms with van der Waals surface area (Å²) in [6.07, 6.45) is 15.8. The first-order valence-electron chi connectivity index (χ1n) is 33.6. The number of anilines is 4. The molecular weight excluding hydrogens is 1310 g/mol. The summed E-state index contributed by atoms with van der Waals surface area (Å²) in [6.45, 7) is 4.68. The summed E-state index contributed by atoms with van der Waals surface area (Å²) in [4.78, 5) is 77.4. The van der Waals surface area contributed by atoms with Gasteiger partial charge in [0.05, 0.1) is 62.1 Å². The van der Waals surface area contributed by atoms with Crippen LogP contribution in [0.5, 0.6) is 46.5 Å². The van der Waals surface area contributed by atoms with E-state index in [1.807, 2.05) is 66.8 Å². The Bertz CT molecular complexity index is 5330. The molecule has 528 valence electrons. The Labute approximate surface area is 581 Å². The molecule has 0 fully saturated rings. The van der Waals surface area contributed by atoms with Gasteiger partial charge in [-0.1, -0.05) is 55.3 Å². The number of nitrogens with one attached hydrogen (secondary N) is 4. The molecule has 16 bridgehead atoms. The Hall–Kier alpha value is -12.4. The minimum atomic E-state index is -0.405. The van der Waals surface area contributed by atoms with Crippen molar-refractivity contribution in [1.29, 1.82) is 0 Å². The first kappa shape index (κ1) is 68.1. The van der Waals surface area contributed by atoms with Gasteiger partial charge in [0.25, 0.3) is 0 Å². The summed E-state index contributed by atoms with van der Waals surface area (Å²) in [5.74, 6) is 4.73. The molecular formula is C73H77FN16O12. The van der Waals surface area contributed by atoms with Crippen LogP contribution in [0.2, 0.25) is 0 Å². The number of nitrogen functional groups attached to an aromatic ring is 4. The normalized spacial score (nSPS) is 15.4. The van der Waals surface area contributed by atoms with Crippen LogP contribution < -0.4 is 83.6 Å². The van der Waals surface area contributed by atoms with E-state index in [1.54, 1.807) is 51.1 Å². The number of halogens is 1. The van der Waals surface area contributed by atoms with Crippen LogP contribution in [0.3, 0.4) is 0 Å². The smallest absolute Gasteiger partial charge is 0.326 e. The lowest BCUT2D eigenvalue weighted by Gasteiger charge is -2.12. The van der Waals surface area contributed by atoms with Crippen LogP contribution in [-0.4, -0.2) is 111 Å². The van der Waals surface area contributed by atoms with E-state index in [0.717, 1.165) is 66.5 Å². The van der Waals surface area contributed by atoms with E-state index in [9.17, 15) is 23.6 Å². The highest BCUT2D eigenvalue weighted by atomic mass is 19.1. The molecule has 12 aromatic rings. The van der Waals surface area contributed by atoms with Crippen molar-refractivity contribution in [3.05, 3.63) is 209 Å². The van der Waals surface area contributed by atoms with E-state index in [0.29, 0.717) is 169 Å². The van der Waals surface area contributed by atoms with Gasteiger partial charge in [-0.15, -0.1) is 0 Å². The van der Waals surface area contributed by atoms with Gasteiger partial charge in [0, 0.05) is 43.4 Å². The second kappa shape index (κ2) is 31.2. The number of methoxy groups -OCH3 is 1. The first-order valence-corrected chi connectivity index (χ1v) is 33.6. The SMILES string of the molecule is COc1ccc2cc1OC/C=C/COc1cc3c([nH]c(=O)n3CC2)c(N)n1.Nc1nc2cc3c1[nH]c(=O)n3CCc1cccc(c1)OC/C=C/CO2.Nc1nc2cc3c1[nH]c(=O)n3Cc1cc(F)cc(c1)OCCCCO2.Nc1nc2cc3c1[nH]c(=O)n3Cc1cccc(c1)CCCCCCO2. The standard InChI is InChI=1S/C19H20N4O4.C19H22N4O2.C18H18N4O3.C17H17FN4O3/c1-25-14-5-4-12-6-7-23-13-11-16(21-18(20)17(13)22-19(23)24)27-9-3-2-8-26-15(14)10-12;20-18-17-15-11-16(21-18)25-9-4-2-1-3-6-13-7-5-8-14(10-13)12-23(15)19(24)22-17;19-17-16-14-11-15(20-17)25-9-2-1-8-24-13-5-3-4-12(10-13)6-7-22(14)18(23)21-16;18-11-5-10-6-12(7-11)24-3-1-2-4-25-14-8-13-15(16(19)20-14)21-17(23)22(13)9-10/h2-5,10-11H,6-9H2,1H3,(H2,20,21)(H,22,24);5,7-8,10-11H,1-4,6,9,12H2,(H2,20,21)(H,22,24);1-5,10-11H,6-9H2,(H2,19,20)(H,21,23);5-8H,1-4,9H2,(H2,19,20)(H,21,23)/b3-2+;;2-1+;. The molecule has 0 spiro atoms. The Balaban J connectivity index is 0.000000121. The Morgan fingerprint density at radius 3 is 1.39 bits per heavy atom. The predicted octanol–water partition coefficient (Wildman–Crippen LogP) is 8.66. The van der Waals surface area contributed by atoms with Crippen molar-refractivity contribution in [3.63, 3.8) is 0 Å². The van der Waals surface area contributed by atoms with Crippen molar-refractivity contribution in [2.45, 2.75) is 84.0 Å². The van der Waals surface area contributed by atoms with E-state index in [1.165, 1.54) is 28.7 Å². The van der Waals surface area contributed by atoms with Crippen LogP contribution in [0.1, 0.15) is 66.3 Å². The molecule has 12 heterocycles. The van der Waals surface area contributed by atoms with Gasteiger partial charge in [0.1, 0.15) is 65.8 Å². The number of aromatic amines is 4. The third kappa shape index (κ3) is 16.2. The number of hydrogen-bond acceptors (Lipinski definition) is 20. The molecule has 29 heteroatoms. The number of imidazole rings is 4. The maximum atomic E-state index is 13.9. The third-order valence-corrected chi connectivity index (χ3v) is 17.4. The summed E-state index contributed by atoms with van der Waals surface area (Å²) in [7, 11) is 1.61. The fraction of sp³-hybridized carbons (Fsp3) is 0.288. The zero-order chi connectivity index (χ0) is 70.6. The van der Waals surface area contributed by atoms with E-state index >= 15 is 0 Å². The molecule has 0 radical (unpaired) electrons. The number of rotatable bonds is 1. The highest BCUT2D eigenvalue weighted by molar-refractivity contribution is 5.88. The molecule has 0 saturated heterocycles. The van der Waals surface area contributed by atoms with Crippen LogP contribution in [-0.2, 0) is 45.4 Å². The monoisotopic (exact) mass is 1390 g/mol. The van der Waals surface area contributed by atoms with Crippen molar-refractivity contribution >= 4 is 67.4 Å². The molecule has 0 amide bonds. The highest BCUT2D eigenvalue weighted by Crippen LogP contribution is 2.31. The number of ether oxygens (including phenoxy) is 8. The number of aryl methyl sites for hydroxylation is 5. The lowest BCUT2D eigenvalue weighted by atomic mass is 10.0. The summed E-state index contributed by atoms with van der Waals surface area (Å²) >= 11 is 0. The molecule has 4 aromatic carbocycles. The minimum absolute atomic E-state index is 0.176. The minimum Gasteiger partial charge on any atom is -0.493 e. The maximum Gasteiger partial charge on any atom is 0.326 e. The number of nitrogens with two attached hydrogens (primary N) is 4. The van der Waals surface area contributed by atoms with Gasteiger partial charge >= 0.3 is 22.8 Å². The molecule has 0 saturated carbocycles. The van der Waals surface area contributed by atoms with Crippen molar-refractivity contribution in [2.24, 2.45) is 0 Å². The number of fused-ring (bicyclic) bond motifs is 12. The molecule has 0 aliphatic carbocycles. The van der Waals surface area contributed by atoms with E-state index in [-0.39, 0.29) is 46.8 Å². The van der Waals surface area contributed by atoms with E-state index < -0.39 is 5.82 Å². The van der Waals surface area contributed by atoms with Gasteiger partial charge in [-0.3, -0.25) is 18.3 Å². The Kier molecular flexibility index (Phi) is 20.8. The Morgan fingerprint density at radius 1 is 0.402 bits per heavy atom. The molecule has 4 aliphatic heterocycles. The van der Waals surface area contributed by atoms with Crippen molar-refractivity contribution < 1.29 is 42.3 Å². The summed E-state index contributed by atoms with van der Waals surface area (Å²) in [5.41, 5.74) is 32.8. The number of H-pyrrole nitrogens is 4. The van der Waals surface area contributed by atoms with Crippen LogP contribution in [0.25, 0.3) is 44.1 Å². The number of benzene rings is 4. The second-order valence-electron chi connectivity index (χ2n) is 24.5. The van der Waals surface area contributed by atoms with Crippen molar-refractivity contribution in [2.75, 3.05) is 76.3 Å². The van der Waals surface area contributed by atoms with E-state index in [2.05, 4.69) is 64.1 Å². The zero-order valence-electron chi connectivity index (χ0n) is 56.0. The number of hydrogen-bond donors (Lipinski definition) is 8. The summed E-state index contributed by atoms with van der Waals surface area (Å²) < 4.78 is 65.5. The average Bonchev–Trinajstić information content (AvgIpc) is 1.65. The predicted molar refractivity (Wildman–Crippen MR) is 385 cm³/mol. The van der Waals surface area contributed by atoms with Crippen molar-refractivity contribution in [1.82, 2.24) is 58.1 Å². The molecule has 0 unspecified atom stereocenters. The number of nitrogens with zero attached hydrogens (tertiary/aromatic N) is 8. The molecule has 12 N–H and O–H groups in total. The number of pyridine rings is 4. The molecule has 28 nitrogen and oxygen atoms in total. The fourth-order valence-corrected chi connectivity index (χ4v) is 12.3. The zero-order valence-corrected chi connectivity index (χ0v) is 56.0. The van der Waals surface area contributed by atoms with Crippen LogP contribution in [0, 0.1) is 5.82 Å². The van der Waals surface area contributed by atoms with Gasteiger partial charge in [-0.2, -0.15) is 19.9 Å². The van der Waals surface area contributed by atoms with Gasteiger partial charge in [0.2, 0.25) is 23.5 Å². The van der Waals surface area contributed by atoms with Gasteiger partial charge in [-0.25, -0.2) is 23.6 Å². The van der Waals surface area contributed by atoms with Gasteiger partial charge < -0.3 is 80.8 Å². The lowest BCUT2D eigenvalue weighted by Crippen LogP contribution is -2.18. The number of aromatic nitrogens is 12. The van der Waals surface area contributed by atoms with Crippen LogP contribution >= 0.6 is 0 Å². The average molecular weight is 1390 g/mol. The highest BCUT2D eigenvalue weighted by Gasteiger charge is 2.20. The lowest BCUT2D eigenvalue weighted by molar-refractivity contribution is 0.261. The summed E-state index contributed by atoms with van der Waals surface area (Å²) in [5, 5.41) is 0. The Morgan fingerprint density at radius 2 is 0.833 bits per heavy atom. The van der Waals surface area contributed by atoms with Crippen LogP contribution in [0.15, 0.2) is 153 Å². The largest absolute Gasteiger partial charge is 0.493 e. The molecule has 4 aliphatic rings. The topological polar surface area (TPSA) is 381 Å². The third-order valence-electron chi connectivity index (χ3n) is 17.4. The van der Waals surface area contributed by atoms with Crippen molar-refractivity contribution in [3.8, 4) is 46.5 Å². The fourth-order valence-electron chi connectivity index (χ4n) is 12.3. The maximum absolute atomic E-state index is 13.9. The first-order chi connectivity index (χ1) is 49.7. The molecule has 102 heavy (non-hydrogen) atoms. The molecule has 0 atom stereocenters. The molecule has 8 aromatic heterocycles. The quantitative estimate of drug-likeness (QED) is 0.0712. The second-order valence-corrected chi connectivity index (χ2v) is 24.5. The van der Waals surface area contributed by atoms with Gasteiger partial charge in [0.15, 0.2) is 34.8 Å². The molecule has 16 rings (SSSR count). The van der Waals surface area contributed by atoms with Crippen LogP contribution in [0.4, 0.5) is 27.7 Å². The van der Waals surface area contributed by atoms with E-state index in [4.69, 9.17) is 60.8 Å². The summed E-state index contributed by atoms with van der Waals surface area (Å²) in [6, 6.07) is 33.5.